The average Bonchev–Trinajstić information content (AvgIpc) is 2.54. The lowest BCUT2D eigenvalue weighted by molar-refractivity contribution is -0.121. The maximum absolute atomic E-state index is 11.9. The maximum Gasteiger partial charge on any atom is 0.220 e. The van der Waals surface area contributed by atoms with Crippen molar-refractivity contribution in [2.75, 3.05) is 0 Å². The van der Waals surface area contributed by atoms with Gasteiger partial charge in [-0.1, -0.05) is 63.3 Å². The molecule has 2 nitrogen and oxygen atoms in total. The normalized spacial score (nSPS) is 15.9. The van der Waals surface area contributed by atoms with Crippen molar-refractivity contribution in [3.63, 3.8) is 0 Å². The second kappa shape index (κ2) is 8.86. The Morgan fingerprint density at radius 3 is 2.71 bits per heavy atom. The van der Waals surface area contributed by atoms with Crippen LogP contribution in [0.1, 0.15) is 69.4 Å². The lowest BCUT2D eigenvalue weighted by Gasteiger charge is -2.21. The quantitative estimate of drug-likeness (QED) is 0.779. The Morgan fingerprint density at radius 1 is 1.19 bits per heavy atom. The van der Waals surface area contributed by atoms with Crippen LogP contribution in [-0.2, 0) is 17.8 Å². The van der Waals surface area contributed by atoms with Crippen molar-refractivity contribution in [1.82, 2.24) is 5.32 Å². The molecule has 1 aromatic carbocycles. The topological polar surface area (TPSA) is 29.1 Å². The van der Waals surface area contributed by atoms with Crippen molar-refractivity contribution < 1.29 is 4.79 Å². The highest BCUT2D eigenvalue weighted by atomic mass is 16.1. The Hall–Kier alpha value is -1.31. The molecule has 0 unspecified atom stereocenters. The minimum atomic E-state index is 0.202. The number of rotatable bonds is 7. The second-order valence-electron chi connectivity index (χ2n) is 6.35. The highest BCUT2D eigenvalue weighted by Crippen LogP contribution is 2.27. The summed E-state index contributed by atoms with van der Waals surface area (Å²) in [6, 6.07) is 8.47. The van der Waals surface area contributed by atoms with E-state index in [4.69, 9.17) is 0 Å². The van der Waals surface area contributed by atoms with E-state index in [9.17, 15) is 4.79 Å². The Balaban J connectivity index is 1.62. The van der Waals surface area contributed by atoms with Gasteiger partial charge in [-0.25, -0.2) is 0 Å². The molecule has 0 heterocycles. The number of benzene rings is 1. The van der Waals surface area contributed by atoms with Crippen molar-refractivity contribution in [2.45, 2.75) is 71.3 Å². The van der Waals surface area contributed by atoms with Gasteiger partial charge in [-0.3, -0.25) is 4.79 Å². The standard InChI is InChI=1S/C19H29NO/c1-2-16-10-6-12-18(14-16)15-20-19(21)13-7-11-17-8-4-3-5-9-17/h6,10,12,14,17H,2-5,7-9,11,13,15H2,1H3,(H,20,21). The second-order valence-corrected chi connectivity index (χ2v) is 6.35. The molecule has 1 N–H and O–H groups in total. The number of hydrogen-bond donors (Lipinski definition) is 1. The van der Waals surface area contributed by atoms with E-state index in [1.54, 1.807) is 0 Å². The zero-order chi connectivity index (χ0) is 14.9. The van der Waals surface area contributed by atoms with Crippen LogP contribution < -0.4 is 5.32 Å². The monoisotopic (exact) mass is 287 g/mol. The van der Waals surface area contributed by atoms with Gasteiger partial charge in [-0.15, -0.1) is 0 Å². The molecular weight excluding hydrogens is 258 g/mol. The smallest absolute Gasteiger partial charge is 0.220 e. The lowest BCUT2D eigenvalue weighted by Crippen LogP contribution is -2.22. The Bertz CT molecular complexity index is 435. The predicted molar refractivity (Wildman–Crippen MR) is 88.1 cm³/mol. The summed E-state index contributed by atoms with van der Waals surface area (Å²) in [5, 5.41) is 3.05. The highest BCUT2D eigenvalue weighted by Gasteiger charge is 2.13. The van der Waals surface area contributed by atoms with Crippen LogP contribution in [0.3, 0.4) is 0 Å². The predicted octanol–water partition coefficient (Wildman–Crippen LogP) is 4.62. The summed E-state index contributed by atoms with van der Waals surface area (Å²) < 4.78 is 0. The number of hydrogen-bond acceptors (Lipinski definition) is 1. The molecule has 0 saturated heterocycles. The molecule has 1 aromatic rings. The van der Waals surface area contributed by atoms with Crippen molar-refractivity contribution in [3.05, 3.63) is 35.4 Å². The zero-order valence-electron chi connectivity index (χ0n) is 13.4. The molecule has 1 aliphatic carbocycles. The van der Waals surface area contributed by atoms with E-state index in [-0.39, 0.29) is 5.91 Å². The molecule has 2 rings (SSSR count). The molecule has 0 aliphatic heterocycles. The summed E-state index contributed by atoms with van der Waals surface area (Å²) in [5.74, 6) is 1.08. The zero-order valence-corrected chi connectivity index (χ0v) is 13.4. The van der Waals surface area contributed by atoms with E-state index in [1.165, 1.54) is 49.7 Å². The van der Waals surface area contributed by atoms with Crippen molar-refractivity contribution >= 4 is 5.91 Å². The molecule has 1 fully saturated rings. The molecule has 0 radical (unpaired) electrons. The molecule has 0 aromatic heterocycles. The van der Waals surface area contributed by atoms with Crippen LogP contribution in [0, 0.1) is 5.92 Å². The number of carbonyl (C=O) groups is 1. The SMILES string of the molecule is CCc1cccc(CNC(=O)CCCC2CCCCC2)c1. The van der Waals surface area contributed by atoms with Gasteiger partial charge in [0.25, 0.3) is 0 Å². The molecular formula is C19H29NO. The van der Waals surface area contributed by atoms with Gasteiger partial charge in [0.1, 0.15) is 0 Å². The first kappa shape index (κ1) is 16.1. The van der Waals surface area contributed by atoms with Gasteiger partial charge in [0.2, 0.25) is 5.91 Å². The fourth-order valence-corrected chi connectivity index (χ4v) is 3.28. The Labute approximate surface area is 129 Å². The summed E-state index contributed by atoms with van der Waals surface area (Å²) in [7, 11) is 0. The van der Waals surface area contributed by atoms with E-state index >= 15 is 0 Å². The molecule has 0 bridgehead atoms. The third-order valence-electron chi connectivity index (χ3n) is 4.63. The van der Waals surface area contributed by atoms with Crippen LogP contribution >= 0.6 is 0 Å². The maximum atomic E-state index is 11.9. The Morgan fingerprint density at radius 2 is 1.95 bits per heavy atom. The molecule has 1 amide bonds. The molecule has 1 saturated carbocycles. The first-order valence-corrected chi connectivity index (χ1v) is 8.62. The third-order valence-corrected chi connectivity index (χ3v) is 4.63. The molecule has 2 heteroatoms. The average molecular weight is 287 g/mol. The molecule has 1 aliphatic rings. The summed E-state index contributed by atoms with van der Waals surface area (Å²) in [6.45, 7) is 2.82. The van der Waals surface area contributed by atoms with E-state index in [2.05, 4.69) is 36.5 Å². The van der Waals surface area contributed by atoms with Crippen LogP contribution in [0.2, 0.25) is 0 Å². The van der Waals surface area contributed by atoms with Crippen molar-refractivity contribution in [1.29, 1.82) is 0 Å². The van der Waals surface area contributed by atoms with Gasteiger partial charge in [0, 0.05) is 13.0 Å². The Kier molecular flexibility index (Phi) is 6.78. The number of aryl methyl sites for hydroxylation is 1. The van der Waals surface area contributed by atoms with E-state index in [1.807, 2.05) is 0 Å². The minimum absolute atomic E-state index is 0.202. The van der Waals surface area contributed by atoms with Gasteiger partial charge in [-0.05, 0) is 36.3 Å². The van der Waals surface area contributed by atoms with Crippen LogP contribution in [0.25, 0.3) is 0 Å². The highest BCUT2D eigenvalue weighted by molar-refractivity contribution is 5.75. The lowest BCUT2D eigenvalue weighted by atomic mass is 9.86. The van der Waals surface area contributed by atoms with Crippen molar-refractivity contribution in [3.8, 4) is 0 Å². The minimum Gasteiger partial charge on any atom is -0.352 e. The fraction of sp³-hybridized carbons (Fsp3) is 0.632. The number of nitrogens with one attached hydrogen (secondary N) is 1. The molecule has 116 valence electrons. The van der Waals surface area contributed by atoms with Gasteiger partial charge in [0.05, 0.1) is 0 Å². The van der Waals surface area contributed by atoms with E-state index < -0.39 is 0 Å². The first-order chi connectivity index (χ1) is 10.3. The van der Waals surface area contributed by atoms with Gasteiger partial charge < -0.3 is 5.32 Å². The largest absolute Gasteiger partial charge is 0.352 e. The molecule has 21 heavy (non-hydrogen) atoms. The summed E-state index contributed by atoms with van der Waals surface area (Å²) in [6.07, 6.45) is 11.0. The van der Waals surface area contributed by atoms with Crippen LogP contribution in [0.5, 0.6) is 0 Å². The molecule has 0 atom stereocenters. The van der Waals surface area contributed by atoms with Crippen LogP contribution in [0.4, 0.5) is 0 Å². The molecule has 0 spiro atoms. The van der Waals surface area contributed by atoms with Crippen LogP contribution in [-0.4, -0.2) is 5.91 Å². The van der Waals surface area contributed by atoms with Crippen molar-refractivity contribution in [2.24, 2.45) is 5.92 Å². The van der Waals surface area contributed by atoms with E-state index in [0.29, 0.717) is 13.0 Å². The van der Waals surface area contributed by atoms with Crippen LogP contribution in [0.15, 0.2) is 24.3 Å². The number of amides is 1. The summed E-state index contributed by atoms with van der Waals surface area (Å²) >= 11 is 0. The summed E-state index contributed by atoms with van der Waals surface area (Å²) in [4.78, 5) is 11.9. The van der Waals surface area contributed by atoms with Gasteiger partial charge in [-0.2, -0.15) is 0 Å². The van der Waals surface area contributed by atoms with E-state index in [0.717, 1.165) is 18.8 Å². The third kappa shape index (κ3) is 5.91. The van der Waals surface area contributed by atoms with Gasteiger partial charge >= 0.3 is 0 Å². The fourth-order valence-electron chi connectivity index (χ4n) is 3.28. The van der Waals surface area contributed by atoms with Gasteiger partial charge in [0.15, 0.2) is 0 Å². The summed E-state index contributed by atoms with van der Waals surface area (Å²) in [5.41, 5.74) is 2.54. The first-order valence-electron chi connectivity index (χ1n) is 8.62. The number of carbonyl (C=O) groups excluding carboxylic acids is 1.